The summed E-state index contributed by atoms with van der Waals surface area (Å²) in [4.78, 5) is 20.9. The lowest BCUT2D eigenvalue weighted by molar-refractivity contribution is -0.122. The van der Waals surface area contributed by atoms with Gasteiger partial charge in [-0.2, -0.15) is 0 Å². The van der Waals surface area contributed by atoms with Crippen molar-refractivity contribution in [3.8, 4) is 5.75 Å². The lowest BCUT2D eigenvalue weighted by atomic mass is 9.88. The van der Waals surface area contributed by atoms with Crippen molar-refractivity contribution in [2.24, 2.45) is 4.99 Å². The Morgan fingerprint density at radius 2 is 1.90 bits per heavy atom. The fraction of sp³-hybridized carbons (Fsp3) is 0.636. The van der Waals surface area contributed by atoms with Gasteiger partial charge in [0.25, 0.3) is 0 Å². The van der Waals surface area contributed by atoms with E-state index in [0.717, 1.165) is 63.4 Å². The molecule has 0 atom stereocenters. The van der Waals surface area contributed by atoms with Gasteiger partial charge in [0, 0.05) is 51.4 Å². The molecule has 0 aromatic heterocycles. The summed E-state index contributed by atoms with van der Waals surface area (Å²) in [5, 5.41) is 16.9. The summed E-state index contributed by atoms with van der Waals surface area (Å²) in [5.41, 5.74) is 3.70. The van der Waals surface area contributed by atoms with E-state index in [-0.39, 0.29) is 29.9 Å². The first-order valence-electron chi connectivity index (χ1n) is 10.9. The van der Waals surface area contributed by atoms with Crippen molar-refractivity contribution in [1.82, 2.24) is 20.4 Å². The average Bonchev–Trinajstić information content (AvgIpc) is 3.54. The second kappa shape index (κ2) is 10.7. The number of aromatic hydroxyl groups is 1. The minimum absolute atomic E-state index is 0. The Bertz CT molecular complexity index is 773. The van der Waals surface area contributed by atoms with Crippen molar-refractivity contribution < 1.29 is 9.90 Å². The number of fused-ring (bicyclic) bond motifs is 1. The monoisotopic (exact) mass is 527 g/mol. The van der Waals surface area contributed by atoms with Crippen LogP contribution in [0.3, 0.4) is 0 Å². The number of benzene rings is 1. The van der Waals surface area contributed by atoms with Crippen molar-refractivity contribution in [2.45, 2.75) is 51.1 Å². The highest BCUT2D eigenvalue weighted by Gasteiger charge is 2.26. The van der Waals surface area contributed by atoms with Crippen LogP contribution in [-0.4, -0.2) is 72.6 Å². The van der Waals surface area contributed by atoms with Crippen LogP contribution in [0.5, 0.6) is 5.75 Å². The van der Waals surface area contributed by atoms with Crippen LogP contribution < -0.4 is 10.6 Å². The number of aliphatic imine (C=N–C) groups is 1. The van der Waals surface area contributed by atoms with Crippen LogP contribution >= 0.6 is 24.0 Å². The lowest BCUT2D eigenvalue weighted by Crippen LogP contribution is -2.54. The van der Waals surface area contributed by atoms with Gasteiger partial charge in [-0.05, 0) is 55.7 Å². The van der Waals surface area contributed by atoms with Crippen molar-refractivity contribution in [3.63, 3.8) is 0 Å². The summed E-state index contributed by atoms with van der Waals surface area (Å²) < 4.78 is 0. The lowest BCUT2D eigenvalue weighted by Gasteiger charge is -2.36. The second-order valence-electron chi connectivity index (χ2n) is 8.41. The third kappa shape index (κ3) is 5.78. The van der Waals surface area contributed by atoms with Gasteiger partial charge >= 0.3 is 0 Å². The van der Waals surface area contributed by atoms with E-state index >= 15 is 0 Å². The standard InChI is InChI=1S/C22H33N5O2.HI/c1-23-22(24-14-19-18-5-3-2-4-16(18)6-9-20(19)28)27-12-10-26(11-13-27)15-21(29)25-17-7-8-17;/h6,9,17,28H,2-5,7-8,10-15H2,1H3,(H,23,24)(H,25,29);1H. The molecule has 0 unspecified atom stereocenters. The topological polar surface area (TPSA) is 80.2 Å². The first kappa shape index (κ1) is 23.1. The SMILES string of the molecule is CN=C(NCc1c(O)ccc2c1CCCC2)N1CCN(CC(=O)NC2CC2)CC1.I. The van der Waals surface area contributed by atoms with Gasteiger partial charge in [0.05, 0.1) is 6.54 Å². The molecule has 1 amide bonds. The highest BCUT2D eigenvalue weighted by atomic mass is 127. The van der Waals surface area contributed by atoms with Crippen LogP contribution in [0, 0.1) is 0 Å². The second-order valence-corrected chi connectivity index (χ2v) is 8.41. The van der Waals surface area contributed by atoms with Crippen LogP contribution in [0.25, 0.3) is 0 Å². The molecule has 1 aromatic carbocycles. The molecule has 4 rings (SSSR count). The minimum Gasteiger partial charge on any atom is -0.508 e. The number of halogens is 1. The molecular weight excluding hydrogens is 493 g/mol. The third-order valence-corrected chi connectivity index (χ3v) is 6.24. The summed E-state index contributed by atoms with van der Waals surface area (Å²) in [6, 6.07) is 4.32. The number of carbonyl (C=O) groups excluding carboxylic acids is 1. The summed E-state index contributed by atoms with van der Waals surface area (Å²) in [6.45, 7) is 4.46. The fourth-order valence-electron chi connectivity index (χ4n) is 4.41. The first-order valence-corrected chi connectivity index (χ1v) is 10.9. The molecule has 1 aliphatic heterocycles. The van der Waals surface area contributed by atoms with Crippen molar-refractivity contribution in [1.29, 1.82) is 0 Å². The normalized spacial score (nSPS) is 19.6. The highest BCUT2D eigenvalue weighted by molar-refractivity contribution is 14.0. The van der Waals surface area contributed by atoms with Crippen molar-refractivity contribution in [2.75, 3.05) is 39.8 Å². The largest absolute Gasteiger partial charge is 0.508 e. The number of hydrogen-bond acceptors (Lipinski definition) is 4. The molecule has 166 valence electrons. The predicted molar refractivity (Wildman–Crippen MR) is 130 cm³/mol. The van der Waals surface area contributed by atoms with Gasteiger partial charge in [-0.3, -0.25) is 14.7 Å². The number of aryl methyl sites for hydroxylation is 1. The van der Waals surface area contributed by atoms with Crippen molar-refractivity contribution >= 4 is 35.8 Å². The number of rotatable bonds is 5. The van der Waals surface area contributed by atoms with E-state index in [0.29, 0.717) is 24.9 Å². The van der Waals surface area contributed by atoms with Crippen LogP contribution in [0.15, 0.2) is 17.1 Å². The number of hydrogen-bond donors (Lipinski definition) is 3. The van der Waals surface area contributed by atoms with E-state index in [4.69, 9.17) is 0 Å². The van der Waals surface area contributed by atoms with Crippen LogP contribution in [-0.2, 0) is 24.2 Å². The zero-order valence-electron chi connectivity index (χ0n) is 17.8. The number of nitrogens with one attached hydrogen (secondary N) is 2. The molecule has 1 saturated heterocycles. The fourth-order valence-corrected chi connectivity index (χ4v) is 4.41. The molecule has 1 aromatic rings. The summed E-state index contributed by atoms with van der Waals surface area (Å²) in [7, 11) is 1.80. The number of piperazine rings is 1. The third-order valence-electron chi connectivity index (χ3n) is 6.24. The molecule has 2 fully saturated rings. The Hall–Kier alpha value is -1.55. The summed E-state index contributed by atoms with van der Waals surface area (Å²) in [6.07, 6.45) is 6.82. The Morgan fingerprint density at radius 3 is 2.60 bits per heavy atom. The Labute approximate surface area is 196 Å². The molecule has 2 aliphatic carbocycles. The van der Waals surface area contributed by atoms with Gasteiger partial charge in [-0.1, -0.05) is 6.07 Å². The minimum atomic E-state index is 0. The number of amides is 1. The van der Waals surface area contributed by atoms with Gasteiger partial charge in [0.2, 0.25) is 5.91 Å². The maximum absolute atomic E-state index is 12.0. The predicted octanol–water partition coefficient (Wildman–Crippen LogP) is 1.86. The van der Waals surface area contributed by atoms with E-state index < -0.39 is 0 Å². The van der Waals surface area contributed by atoms with E-state index in [2.05, 4.69) is 31.5 Å². The molecule has 30 heavy (non-hydrogen) atoms. The van der Waals surface area contributed by atoms with E-state index in [1.807, 2.05) is 6.07 Å². The van der Waals surface area contributed by atoms with E-state index in [1.165, 1.54) is 24.0 Å². The Balaban J connectivity index is 0.00000256. The Morgan fingerprint density at radius 1 is 1.17 bits per heavy atom. The maximum Gasteiger partial charge on any atom is 0.234 e. The summed E-state index contributed by atoms with van der Waals surface area (Å²) in [5.74, 6) is 1.38. The number of phenols is 1. The van der Waals surface area contributed by atoms with Gasteiger partial charge in [-0.25, -0.2) is 0 Å². The molecule has 3 aliphatic rings. The number of carbonyl (C=O) groups is 1. The number of nitrogens with zero attached hydrogens (tertiary/aromatic N) is 3. The highest BCUT2D eigenvalue weighted by Crippen LogP contribution is 2.30. The van der Waals surface area contributed by atoms with Gasteiger partial charge in [0.1, 0.15) is 5.75 Å². The molecule has 7 nitrogen and oxygen atoms in total. The molecular formula is C22H34IN5O2. The zero-order valence-corrected chi connectivity index (χ0v) is 20.2. The average molecular weight is 527 g/mol. The quantitative estimate of drug-likeness (QED) is 0.310. The molecule has 1 saturated carbocycles. The van der Waals surface area contributed by atoms with Gasteiger partial charge < -0.3 is 20.6 Å². The van der Waals surface area contributed by atoms with Crippen molar-refractivity contribution in [3.05, 3.63) is 28.8 Å². The van der Waals surface area contributed by atoms with Gasteiger partial charge in [0.15, 0.2) is 5.96 Å². The molecule has 0 bridgehead atoms. The summed E-state index contributed by atoms with van der Waals surface area (Å²) >= 11 is 0. The first-order chi connectivity index (χ1) is 14.1. The maximum atomic E-state index is 12.0. The molecule has 8 heteroatoms. The smallest absolute Gasteiger partial charge is 0.234 e. The van der Waals surface area contributed by atoms with Gasteiger partial charge in [-0.15, -0.1) is 24.0 Å². The van der Waals surface area contributed by atoms with Crippen LogP contribution in [0.1, 0.15) is 42.4 Å². The van der Waals surface area contributed by atoms with Crippen LogP contribution in [0.4, 0.5) is 0 Å². The number of phenolic OH excluding ortho intramolecular Hbond substituents is 1. The van der Waals surface area contributed by atoms with Crippen LogP contribution in [0.2, 0.25) is 0 Å². The molecule has 0 spiro atoms. The number of guanidine groups is 1. The van der Waals surface area contributed by atoms with E-state index in [9.17, 15) is 9.90 Å². The Kier molecular flexibility index (Phi) is 8.21. The molecule has 0 radical (unpaired) electrons. The zero-order chi connectivity index (χ0) is 20.2. The molecule has 1 heterocycles. The van der Waals surface area contributed by atoms with E-state index in [1.54, 1.807) is 7.05 Å². The molecule has 3 N–H and O–H groups in total.